The summed E-state index contributed by atoms with van der Waals surface area (Å²) in [5, 5.41) is 17.9. The molecule has 144 valence electrons. The van der Waals surface area contributed by atoms with Crippen molar-refractivity contribution in [2.75, 3.05) is 25.0 Å². The maximum absolute atomic E-state index is 12.5. The van der Waals surface area contributed by atoms with Crippen LogP contribution < -0.4 is 5.32 Å². The highest BCUT2D eigenvalue weighted by atomic mass is 16.3. The van der Waals surface area contributed by atoms with Crippen molar-refractivity contribution < 1.29 is 9.90 Å². The zero-order valence-electron chi connectivity index (χ0n) is 16.0. The summed E-state index contributed by atoms with van der Waals surface area (Å²) in [5.74, 6) is 1.00. The van der Waals surface area contributed by atoms with Crippen molar-refractivity contribution >= 4 is 11.6 Å². The maximum atomic E-state index is 12.5. The van der Waals surface area contributed by atoms with Gasteiger partial charge < -0.3 is 10.4 Å². The van der Waals surface area contributed by atoms with E-state index in [4.69, 9.17) is 0 Å². The first kappa shape index (κ1) is 18.2. The van der Waals surface area contributed by atoms with Crippen molar-refractivity contribution in [3.63, 3.8) is 0 Å². The lowest BCUT2D eigenvalue weighted by Crippen LogP contribution is -2.36. The number of nitrogens with one attached hydrogen (secondary N) is 1. The number of fused-ring (bicyclic) bond motifs is 1. The molecule has 1 aromatic heterocycles. The molecule has 2 aromatic rings. The highest BCUT2D eigenvalue weighted by Gasteiger charge is 2.42. The van der Waals surface area contributed by atoms with Gasteiger partial charge in [0.25, 0.3) is 0 Å². The third-order valence-corrected chi connectivity index (χ3v) is 6.07. The summed E-state index contributed by atoms with van der Waals surface area (Å²) >= 11 is 0. The van der Waals surface area contributed by atoms with Crippen LogP contribution in [-0.4, -0.2) is 51.4 Å². The topological polar surface area (TPSA) is 70.4 Å². The van der Waals surface area contributed by atoms with Gasteiger partial charge in [0, 0.05) is 31.2 Å². The van der Waals surface area contributed by atoms with Crippen molar-refractivity contribution in [3.8, 4) is 0 Å². The fraction of sp³-hybridized carbons (Fsp3) is 0.524. The molecule has 27 heavy (non-hydrogen) atoms. The van der Waals surface area contributed by atoms with Crippen molar-refractivity contribution in [2.45, 2.75) is 38.8 Å². The minimum Gasteiger partial charge on any atom is -0.391 e. The summed E-state index contributed by atoms with van der Waals surface area (Å²) < 4.78 is 1.89. The molecule has 0 unspecified atom stereocenters. The van der Waals surface area contributed by atoms with Crippen LogP contribution in [0, 0.1) is 25.7 Å². The smallest absolute Gasteiger partial charge is 0.238 e. The second-order valence-electron chi connectivity index (χ2n) is 8.17. The number of anilines is 1. The Labute approximate surface area is 160 Å². The lowest BCUT2D eigenvalue weighted by Gasteiger charge is -2.35. The molecule has 6 nitrogen and oxygen atoms in total. The average molecular weight is 368 g/mol. The largest absolute Gasteiger partial charge is 0.391 e. The number of likely N-dealkylation sites (tertiary alicyclic amines) is 1. The molecular formula is C21H28N4O2. The number of aliphatic hydroxyl groups excluding tert-OH is 1. The number of rotatable bonds is 4. The van der Waals surface area contributed by atoms with Gasteiger partial charge in [-0.2, -0.15) is 5.10 Å². The van der Waals surface area contributed by atoms with Gasteiger partial charge in [-0.05, 0) is 56.2 Å². The Balaban J connectivity index is 1.35. The molecule has 0 bridgehead atoms. The summed E-state index contributed by atoms with van der Waals surface area (Å²) in [4.78, 5) is 14.7. The molecule has 1 amide bonds. The van der Waals surface area contributed by atoms with Crippen LogP contribution in [-0.2, 0) is 4.79 Å². The van der Waals surface area contributed by atoms with E-state index in [2.05, 4.69) is 28.3 Å². The number of carbonyl (C=O) groups excluding carboxylic acids is 1. The first-order chi connectivity index (χ1) is 13.0. The first-order valence-electron chi connectivity index (χ1n) is 9.76. The normalized spacial score (nSPS) is 28.1. The Hall–Kier alpha value is -2.18. The lowest BCUT2D eigenvalue weighted by molar-refractivity contribution is -0.117. The molecule has 2 fully saturated rings. The number of nitrogens with zero attached hydrogens (tertiary/aromatic N) is 3. The Morgan fingerprint density at radius 2 is 2.04 bits per heavy atom. The van der Waals surface area contributed by atoms with Crippen LogP contribution in [0.2, 0.25) is 0 Å². The Bertz CT molecular complexity index is 805. The summed E-state index contributed by atoms with van der Waals surface area (Å²) in [6, 6.07) is 8.01. The Morgan fingerprint density at radius 1 is 1.26 bits per heavy atom. The average Bonchev–Trinajstić information content (AvgIpc) is 3.25. The molecule has 1 aliphatic carbocycles. The Kier molecular flexibility index (Phi) is 5.02. The number of aliphatic hydroxyl groups is 1. The number of benzene rings is 1. The zero-order valence-corrected chi connectivity index (χ0v) is 16.0. The molecule has 4 atom stereocenters. The molecule has 2 heterocycles. The molecule has 1 saturated carbocycles. The minimum atomic E-state index is -0.366. The van der Waals surface area contributed by atoms with E-state index in [-0.39, 0.29) is 18.1 Å². The third-order valence-electron chi connectivity index (χ3n) is 6.07. The van der Waals surface area contributed by atoms with Crippen LogP contribution >= 0.6 is 0 Å². The van der Waals surface area contributed by atoms with Crippen LogP contribution in [0.4, 0.5) is 5.69 Å². The van der Waals surface area contributed by atoms with E-state index >= 15 is 0 Å². The molecule has 4 rings (SSSR count). The van der Waals surface area contributed by atoms with E-state index in [0.29, 0.717) is 18.4 Å². The van der Waals surface area contributed by atoms with Crippen LogP contribution in [0.1, 0.15) is 30.0 Å². The van der Waals surface area contributed by atoms with Gasteiger partial charge in [0.15, 0.2) is 0 Å². The first-order valence-corrected chi connectivity index (χ1v) is 9.76. The van der Waals surface area contributed by atoms with Crippen molar-refractivity contribution in [1.82, 2.24) is 14.7 Å². The monoisotopic (exact) mass is 368 g/mol. The van der Waals surface area contributed by atoms with E-state index in [1.54, 1.807) is 6.20 Å². The summed E-state index contributed by atoms with van der Waals surface area (Å²) in [5.41, 5.74) is 3.17. The lowest BCUT2D eigenvalue weighted by atomic mass is 9.77. The third kappa shape index (κ3) is 3.92. The number of amides is 1. The molecular weight excluding hydrogens is 340 g/mol. The minimum absolute atomic E-state index is 0.0322. The van der Waals surface area contributed by atoms with Crippen molar-refractivity contribution in [3.05, 3.63) is 47.8 Å². The van der Waals surface area contributed by atoms with Gasteiger partial charge in [-0.15, -0.1) is 0 Å². The number of carbonyl (C=O) groups is 1. The number of hydrogen-bond acceptors (Lipinski definition) is 4. The Morgan fingerprint density at radius 3 is 2.74 bits per heavy atom. The second kappa shape index (κ2) is 7.44. The number of aromatic nitrogens is 2. The predicted molar refractivity (Wildman–Crippen MR) is 104 cm³/mol. The summed E-state index contributed by atoms with van der Waals surface area (Å²) in [6.45, 7) is 6.27. The van der Waals surface area contributed by atoms with Crippen LogP contribution in [0.5, 0.6) is 0 Å². The summed E-state index contributed by atoms with van der Waals surface area (Å²) in [6.07, 6.45) is 5.03. The van der Waals surface area contributed by atoms with Gasteiger partial charge >= 0.3 is 0 Å². The van der Waals surface area contributed by atoms with Gasteiger partial charge in [0.2, 0.25) is 5.91 Å². The van der Waals surface area contributed by atoms with Crippen molar-refractivity contribution in [2.24, 2.45) is 11.8 Å². The SMILES string of the molecule is Cc1ccc(NC(=O)CN2C[C@H]3C[C@@H](n4cccn4)[C@H](O)C[C@H]3C2)c(C)c1. The summed E-state index contributed by atoms with van der Waals surface area (Å²) in [7, 11) is 0. The van der Waals surface area contributed by atoms with E-state index in [9.17, 15) is 9.90 Å². The van der Waals surface area contributed by atoms with Gasteiger partial charge in [-0.3, -0.25) is 14.4 Å². The van der Waals surface area contributed by atoms with Gasteiger partial charge in [-0.1, -0.05) is 17.7 Å². The van der Waals surface area contributed by atoms with Crippen LogP contribution in [0.15, 0.2) is 36.7 Å². The fourth-order valence-electron chi connectivity index (χ4n) is 4.74. The molecule has 0 radical (unpaired) electrons. The van der Waals surface area contributed by atoms with E-state index in [1.807, 2.05) is 36.0 Å². The number of aryl methyl sites for hydroxylation is 2. The number of hydrogen-bond donors (Lipinski definition) is 2. The fourth-order valence-corrected chi connectivity index (χ4v) is 4.74. The highest BCUT2D eigenvalue weighted by Crippen LogP contribution is 2.40. The quantitative estimate of drug-likeness (QED) is 0.869. The molecule has 1 aromatic carbocycles. The zero-order chi connectivity index (χ0) is 19.0. The van der Waals surface area contributed by atoms with Crippen LogP contribution in [0.3, 0.4) is 0 Å². The van der Waals surface area contributed by atoms with Gasteiger partial charge in [0.05, 0.1) is 18.7 Å². The van der Waals surface area contributed by atoms with E-state index in [0.717, 1.165) is 37.2 Å². The van der Waals surface area contributed by atoms with E-state index < -0.39 is 0 Å². The standard InChI is InChI=1S/C21H28N4O2/c1-14-4-5-18(15(2)8-14)23-21(27)13-24-11-16-9-19(25-7-3-6-22-25)20(26)10-17(16)12-24/h3-8,16-17,19-20,26H,9-13H2,1-2H3,(H,23,27)/t16-,17+,19-,20-/m1/s1. The molecule has 1 saturated heterocycles. The maximum Gasteiger partial charge on any atom is 0.238 e. The van der Waals surface area contributed by atoms with Gasteiger partial charge in [0.1, 0.15) is 0 Å². The second-order valence-corrected chi connectivity index (χ2v) is 8.17. The molecule has 6 heteroatoms. The molecule has 2 aliphatic rings. The van der Waals surface area contributed by atoms with Crippen LogP contribution in [0.25, 0.3) is 0 Å². The highest BCUT2D eigenvalue weighted by molar-refractivity contribution is 5.93. The predicted octanol–water partition coefficient (Wildman–Crippen LogP) is 2.38. The van der Waals surface area contributed by atoms with Gasteiger partial charge in [-0.25, -0.2) is 0 Å². The molecule has 1 aliphatic heterocycles. The van der Waals surface area contributed by atoms with E-state index in [1.165, 1.54) is 5.56 Å². The molecule has 0 spiro atoms. The molecule has 2 N–H and O–H groups in total. The van der Waals surface area contributed by atoms with Crippen molar-refractivity contribution in [1.29, 1.82) is 0 Å².